The Balaban J connectivity index is 1.67. The normalized spacial score (nSPS) is 11.1. The molecule has 0 aromatic heterocycles. The van der Waals surface area contributed by atoms with E-state index in [1.54, 1.807) is 61.5 Å². The van der Waals surface area contributed by atoms with Gasteiger partial charge in [0.2, 0.25) is 0 Å². The Morgan fingerprint density at radius 3 is 2.38 bits per heavy atom. The standard InChI is InChI=1S/C24H21Cl2N3O3/c1-3-32-20-10-7-16(8-11-20)23(30)29-28-15(2)17-5-4-6-19(13-17)27-24(31)21-12-9-18(25)14-22(21)26/h4-14H,3H2,1-2H3,(H,27,31)(H,29,30)/b28-15+. The zero-order valence-electron chi connectivity index (χ0n) is 17.5. The average Bonchev–Trinajstić information content (AvgIpc) is 2.78. The van der Waals surface area contributed by atoms with E-state index in [2.05, 4.69) is 15.8 Å². The predicted molar refractivity (Wildman–Crippen MR) is 128 cm³/mol. The number of nitrogens with one attached hydrogen (secondary N) is 2. The molecule has 0 aliphatic rings. The van der Waals surface area contributed by atoms with Crippen molar-refractivity contribution in [2.45, 2.75) is 13.8 Å². The highest BCUT2D eigenvalue weighted by molar-refractivity contribution is 6.37. The summed E-state index contributed by atoms with van der Waals surface area (Å²) >= 11 is 12.0. The Bertz CT molecular complexity index is 1160. The van der Waals surface area contributed by atoms with Crippen LogP contribution in [0, 0.1) is 0 Å². The van der Waals surface area contributed by atoms with E-state index in [0.29, 0.717) is 39.9 Å². The third-order valence-electron chi connectivity index (χ3n) is 4.47. The first-order valence-electron chi connectivity index (χ1n) is 9.81. The summed E-state index contributed by atoms with van der Waals surface area (Å²) < 4.78 is 5.37. The third-order valence-corrected chi connectivity index (χ3v) is 5.01. The molecule has 2 N–H and O–H groups in total. The molecule has 0 bridgehead atoms. The van der Waals surface area contributed by atoms with E-state index in [9.17, 15) is 9.59 Å². The number of amides is 2. The second-order valence-corrected chi connectivity index (χ2v) is 7.60. The summed E-state index contributed by atoms with van der Waals surface area (Å²) in [5.74, 6) is -0.000992. The fourth-order valence-electron chi connectivity index (χ4n) is 2.83. The van der Waals surface area contributed by atoms with Crippen LogP contribution in [-0.2, 0) is 0 Å². The summed E-state index contributed by atoms with van der Waals surface area (Å²) in [6.07, 6.45) is 0. The second-order valence-electron chi connectivity index (χ2n) is 6.75. The molecule has 8 heteroatoms. The zero-order valence-corrected chi connectivity index (χ0v) is 19.0. The number of rotatable bonds is 7. The van der Waals surface area contributed by atoms with Crippen molar-refractivity contribution in [2.75, 3.05) is 11.9 Å². The van der Waals surface area contributed by atoms with Gasteiger partial charge in [-0.3, -0.25) is 9.59 Å². The molecule has 0 saturated heterocycles. The fraction of sp³-hybridized carbons (Fsp3) is 0.125. The minimum atomic E-state index is -0.359. The highest BCUT2D eigenvalue weighted by atomic mass is 35.5. The van der Waals surface area contributed by atoms with Crippen molar-refractivity contribution in [2.24, 2.45) is 5.10 Å². The number of hydrogen-bond acceptors (Lipinski definition) is 4. The number of halogens is 2. The van der Waals surface area contributed by atoms with Crippen LogP contribution in [0.2, 0.25) is 10.0 Å². The van der Waals surface area contributed by atoms with E-state index >= 15 is 0 Å². The molecule has 32 heavy (non-hydrogen) atoms. The Morgan fingerprint density at radius 1 is 0.938 bits per heavy atom. The minimum Gasteiger partial charge on any atom is -0.494 e. The van der Waals surface area contributed by atoms with Crippen LogP contribution in [0.25, 0.3) is 0 Å². The van der Waals surface area contributed by atoms with Gasteiger partial charge in [0.1, 0.15) is 5.75 Å². The van der Waals surface area contributed by atoms with Crippen LogP contribution in [0.5, 0.6) is 5.75 Å². The first kappa shape index (κ1) is 23.3. The fourth-order valence-corrected chi connectivity index (χ4v) is 3.32. The van der Waals surface area contributed by atoms with Crippen LogP contribution >= 0.6 is 23.2 Å². The number of hydrogen-bond donors (Lipinski definition) is 2. The molecule has 0 heterocycles. The molecule has 0 aliphatic heterocycles. The maximum Gasteiger partial charge on any atom is 0.271 e. The average molecular weight is 470 g/mol. The van der Waals surface area contributed by atoms with Gasteiger partial charge in [0.25, 0.3) is 11.8 Å². The Morgan fingerprint density at radius 2 is 1.69 bits per heavy atom. The molecule has 2 amide bonds. The number of carbonyl (C=O) groups is 2. The molecule has 164 valence electrons. The summed E-state index contributed by atoms with van der Waals surface area (Å²) in [6, 6.07) is 18.6. The summed E-state index contributed by atoms with van der Waals surface area (Å²) in [5.41, 5.74) is 5.18. The molecule has 0 unspecified atom stereocenters. The van der Waals surface area contributed by atoms with Gasteiger partial charge >= 0.3 is 0 Å². The van der Waals surface area contributed by atoms with Gasteiger partial charge in [-0.05, 0) is 74.0 Å². The van der Waals surface area contributed by atoms with Gasteiger partial charge in [-0.1, -0.05) is 35.3 Å². The molecular weight excluding hydrogens is 449 g/mol. The largest absolute Gasteiger partial charge is 0.494 e. The van der Waals surface area contributed by atoms with Crippen molar-refractivity contribution < 1.29 is 14.3 Å². The SMILES string of the molecule is CCOc1ccc(C(=O)N/N=C(\C)c2cccc(NC(=O)c3ccc(Cl)cc3Cl)c2)cc1. The van der Waals surface area contributed by atoms with Gasteiger partial charge in [-0.2, -0.15) is 5.10 Å². The molecule has 6 nitrogen and oxygen atoms in total. The number of ether oxygens (including phenoxy) is 1. The zero-order chi connectivity index (χ0) is 23.1. The summed E-state index contributed by atoms with van der Waals surface area (Å²) in [4.78, 5) is 24.9. The van der Waals surface area contributed by atoms with Gasteiger partial charge in [-0.15, -0.1) is 0 Å². The summed E-state index contributed by atoms with van der Waals surface area (Å²) in [6.45, 7) is 4.21. The van der Waals surface area contributed by atoms with Gasteiger partial charge in [0.05, 0.1) is 22.9 Å². The van der Waals surface area contributed by atoms with Crippen molar-refractivity contribution in [3.05, 3.63) is 93.5 Å². The monoisotopic (exact) mass is 469 g/mol. The van der Waals surface area contributed by atoms with E-state index in [1.807, 2.05) is 13.0 Å². The Labute approximate surface area is 196 Å². The highest BCUT2D eigenvalue weighted by Crippen LogP contribution is 2.22. The molecule has 0 radical (unpaired) electrons. The van der Waals surface area contributed by atoms with Gasteiger partial charge in [0.15, 0.2) is 0 Å². The topological polar surface area (TPSA) is 79.8 Å². The molecule has 3 aromatic carbocycles. The predicted octanol–water partition coefficient (Wildman–Crippen LogP) is 5.80. The molecule has 0 saturated carbocycles. The molecule has 0 atom stereocenters. The van der Waals surface area contributed by atoms with E-state index in [-0.39, 0.29) is 16.8 Å². The highest BCUT2D eigenvalue weighted by Gasteiger charge is 2.12. The minimum absolute atomic E-state index is 0.265. The number of nitrogens with zero attached hydrogens (tertiary/aromatic N) is 1. The van der Waals surface area contributed by atoms with Crippen molar-refractivity contribution in [3.8, 4) is 5.75 Å². The van der Waals surface area contributed by atoms with Crippen molar-refractivity contribution in [1.29, 1.82) is 0 Å². The smallest absolute Gasteiger partial charge is 0.271 e. The van der Waals surface area contributed by atoms with Gasteiger partial charge in [0, 0.05) is 16.3 Å². The summed E-state index contributed by atoms with van der Waals surface area (Å²) in [7, 11) is 0. The van der Waals surface area contributed by atoms with Crippen LogP contribution in [0.4, 0.5) is 5.69 Å². The van der Waals surface area contributed by atoms with Gasteiger partial charge in [-0.25, -0.2) is 5.43 Å². The van der Waals surface area contributed by atoms with Gasteiger partial charge < -0.3 is 10.1 Å². The summed E-state index contributed by atoms with van der Waals surface area (Å²) in [5, 5.41) is 7.68. The maximum absolute atomic E-state index is 12.5. The molecule has 0 fully saturated rings. The molecule has 0 aliphatic carbocycles. The lowest BCUT2D eigenvalue weighted by Gasteiger charge is -2.09. The van der Waals surface area contributed by atoms with E-state index in [1.165, 1.54) is 6.07 Å². The Kier molecular flexibility index (Phi) is 7.87. The van der Waals surface area contributed by atoms with E-state index in [0.717, 1.165) is 5.56 Å². The molecular formula is C24H21Cl2N3O3. The first-order chi connectivity index (χ1) is 15.4. The van der Waals surface area contributed by atoms with Crippen molar-refractivity contribution >= 4 is 46.4 Å². The second kappa shape index (κ2) is 10.8. The van der Waals surface area contributed by atoms with Crippen LogP contribution in [-0.4, -0.2) is 24.1 Å². The number of hydrazone groups is 1. The molecule has 0 spiro atoms. The third kappa shape index (κ3) is 6.09. The van der Waals surface area contributed by atoms with Crippen LogP contribution in [0.15, 0.2) is 71.8 Å². The first-order valence-corrected chi connectivity index (χ1v) is 10.6. The van der Waals surface area contributed by atoms with Crippen molar-refractivity contribution in [3.63, 3.8) is 0 Å². The Hall–Kier alpha value is -3.35. The number of anilines is 1. The lowest BCUT2D eigenvalue weighted by atomic mass is 10.1. The van der Waals surface area contributed by atoms with Crippen LogP contribution < -0.4 is 15.5 Å². The quantitative estimate of drug-likeness (QED) is 0.339. The lowest BCUT2D eigenvalue weighted by Crippen LogP contribution is -2.19. The lowest BCUT2D eigenvalue weighted by molar-refractivity contribution is 0.0954. The van der Waals surface area contributed by atoms with Crippen molar-refractivity contribution in [1.82, 2.24) is 5.43 Å². The van der Waals surface area contributed by atoms with Crippen LogP contribution in [0.3, 0.4) is 0 Å². The number of carbonyl (C=O) groups excluding carboxylic acids is 2. The maximum atomic E-state index is 12.5. The molecule has 3 rings (SSSR count). The van der Waals surface area contributed by atoms with Crippen LogP contribution in [0.1, 0.15) is 40.1 Å². The van der Waals surface area contributed by atoms with E-state index in [4.69, 9.17) is 27.9 Å². The molecule has 3 aromatic rings. The number of benzene rings is 3. The van der Waals surface area contributed by atoms with E-state index < -0.39 is 0 Å².